The van der Waals surface area contributed by atoms with Gasteiger partial charge in [0.15, 0.2) is 0 Å². The quantitative estimate of drug-likeness (QED) is 0.738. The summed E-state index contributed by atoms with van der Waals surface area (Å²) in [5.74, 6) is 0. The van der Waals surface area contributed by atoms with Gasteiger partial charge in [-0.1, -0.05) is 20.3 Å². The summed E-state index contributed by atoms with van der Waals surface area (Å²) in [4.78, 5) is 2.58. The molecule has 1 N–H and O–H groups in total. The number of rotatable bonds is 4. The highest BCUT2D eigenvalue weighted by Crippen LogP contribution is 2.24. The summed E-state index contributed by atoms with van der Waals surface area (Å²) in [5.41, 5.74) is 0.298. The van der Waals surface area contributed by atoms with Gasteiger partial charge in [-0.25, -0.2) is 0 Å². The molecule has 2 atom stereocenters. The van der Waals surface area contributed by atoms with Crippen molar-refractivity contribution in [2.75, 3.05) is 19.6 Å². The van der Waals surface area contributed by atoms with Crippen LogP contribution in [0, 0.1) is 13.8 Å². The zero-order chi connectivity index (χ0) is 10.6. The summed E-state index contributed by atoms with van der Waals surface area (Å²) in [7, 11) is 0. The smallest absolute Gasteiger partial charge is 0.0306 e. The van der Waals surface area contributed by atoms with Crippen LogP contribution in [-0.4, -0.2) is 36.1 Å². The van der Waals surface area contributed by atoms with Crippen molar-refractivity contribution < 1.29 is 0 Å². The van der Waals surface area contributed by atoms with E-state index in [4.69, 9.17) is 0 Å². The Kier molecular flexibility index (Phi) is 4.39. The Morgan fingerprint density at radius 3 is 2.71 bits per heavy atom. The van der Waals surface area contributed by atoms with Gasteiger partial charge in [-0.2, -0.15) is 0 Å². The maximum atomic E-state index is 3.97. The van der Waals surface area contributed by atoms with Gasteiger partial charge in [0.25, 0.3) is 0 Å². The molecule has 0 aromatic heterocycles. The maximum absolute atomic E-state index is 3.97. The van der Waals surface area contributed by atoms with E-state index in [1.165, 1.54) is 6.42 Å². The zero-order valence-electron chi connectivity index (χ0n) is 9.68. The molecule has 1 rings (SSSR count). The molecular weight excluding hydrogens is 172 g/mol. The van der Waals surface area contributed by atoms with E-state index >= 15 is 0 Å². The van der Waals surface area contributed by atoms with Gasteiger partial charge in [-0.05, 0) is 33.2 Å². The third-order valence-electron chi connectivity index (χ3n) is 3.23. The topological polar surface area (TPSA) is 15.3 Å². The summed E-state index contributed by atoms with van der Waals surface area (Å²) >= 11 is 0. The molecule has 1 saturated heterocycles. The Balaban J connectivity index is 2.60. The Bertz CT molecular complexity index is 170. The fourth-order valence-electron chi connectivity index (χ4n) is 2.30. The first-order valence-electron chi connectivity index (χ1n) is 5.69. The van der Waals surface area contributed by atoms with Crippen molar-refractivity contribution >= 4 is 0 Å². The largest absolute Gasteiger partial charge is 0.311 e. The third-order valence-corrected chi connectivity index (χ3v) is 3.23. The lowest BCUT2D eigenvalue weighted by Crippen LogP contribution is -2.62. The molecular formula is C12H24N2. The van der Waals surface area contributed by atoms with Crippen LogP contribution in [0.3, 0.4) is 0 Å². The SMILES string of the molecule is [CH2]CCN1C[C@@H](C)NC[C@@]1(C)CC[CH2]. The fraction of sp³-hybridized carbons (Fsp3) is 0.833. The first-order chi connectivity index (χ1) is 6.62. The second kappa shape index (κ2) is 5.13. The maximum Gasteiger partial charge on any atom is 0.0306 e. The zero-order valence-corrected chi connectivity index (χ0v) is 9.68. The molecule has 0 aromatic rings. The highest BCUT2D eigenvalue weighted by atomic mass is 15.3. The van der Waals surface area contributed by atoms with Crippen LogP contribution < -0.4 is 5.32 Å². The molecule has 0 spiro atoms. The van der Waals surface area contributed by atoms with E-state index in [2.05, 4.69) is 37.9 Å². The van der Waals surface area contributed by atoms with Crippen molar-refractivity contribution in [3.8, 4) is 0 Å². The van der Waals surface area contributed by atoms with Gasteiger partial charge in [0.1, 0.15) is 0 Å². The summed E-state index contributed by atoms with van der Waals surface area (Å²) in [6.07, 6.45) is 3.19. The van der Waals surface area contributed by atoms with Gasteiger partial charge in [0.05, 0.1) is 0 Å². The second-order valence-corrected chi connectivity index (χ2v) is 4.68. The van der Waals surface area contributed by atoms with Crippen molar-refractivity contribution in [3.63, 3.8) is 0 Å². The molecule has 2 radical (unpaired) electrons. The van der Waals surface area contributed by atoms with Crippen molar-refractivity contribution in [2.45, 2.75) is 44.7 Å². The normalized spacial score (nSPS) is 34.7. The first-order valence-corrected chi connectivity index (χ1v) is 5.69. The molecule has 1 aliphatic rings. The number of hydrogen-bond donors (Lipinski definition) is 1. The molecule has 2 nitrogen and oxygen atoms in total. The van der Waals surface area contributed by atoms with Crippen LogP contribution in [-0.2, 0) is 0 Å². The Labute approximate surface area is 89.1 Å². The molecule has 0 unspecified atom stereocenters. The summed E-state index contributed by atoms with van der Waals surface area (Å²) in [6.45, 7) is 15.9. The van der Waals surface area contributed by atoms with Crippen LogP contribution >= 0.6 is 0 Å². The lowest BCUT2D eigenvalue weighted by molar-refractivity contribution is 0.0511. The van der Waals surface area contributed by atoms with Gasteiger partial charge in [-0.3, -0.25) is 4.90 Å². The minimum atomic E-state index is 0.298. The molecule has 1 heterocycles. The number of piperazine rings is 1. The van der Waals surface area contributed by atoms with Crippen molar-refractivity contribution in [2.24, 2.45) is 0 Å². The van der Waals surface area contributed by atoms with E-state index in [0.29, 0.717) is 11.6 Å². The van der Waals surface area contributed by atoms with Gasteiger partial charge < -0.3 is 5.32 Å². The molecule has 82 valence electrons. The van der Waals surface area contributed by atoms with Gasteiger partial charge >= 0.3 is 0 Å². The molecule has 0 saturated carbocycles. The van der Waals surface area contributed by atoms with E-state index in [1.54, 1.807) is 0 Å². The monoisotopic (exact) mass is 196 g/mol. The molecule has 1 fully saturated rings. The van der Waals surface area contributed by atoms with Crippen molar-refractivity contribution in [1.29, 1.82) is 0 Å². The van der Waals surface area contributed by atoms with E-state index < -0.39 is 0 Å². The van der Waals surface area contributed by atoms with Crippen molar-refractivity contribution in [1.82, 2.24) is 10.2 Å². The number of hydrogen-bond acceptors (Lipinski definition) is 2. The third kappa shape index (κ3) is 2.71. The van der Waals surface area contributed by atoms with Crippen LogP contribution in [0.15, 0.2) is 0 Å². The van der Waals surface area contributed by atoms with Gasteiger partial charge in [0, 0.05) is 24.7 Å². The molecule has 0 aromatic carbocycles. The van der Waals surface area contributed by atoms with Gasteiger partial charge in [0.2, 0.25) is 0 Å². The predicted octanol–water partition coefficient (Wildman–Crippen LogP) is 1.88. The molecule has 0 amide bonds. The lowest BCUT2D eigenvalue weighted by Gasteiger charge is -2.47. The summed E-state index contributed by atoms with van der Waals surface area (Å²) < 4.78 is 0. The Morgan fingerprint density at radius 2 is 2.14 bits per heavy atom. The first kappa shape index (κ1) is 12.0. The summed E-state index contributed by atoms with van der Waals surface area (Å²) in [6, 6.07) is 0.611. The number of nitrogens with one attached hydrogen (secondary N) is 1. The Morgan fingerprint density at radius 1 is 1.43 bits per heavy atom. The molecule has 2 heteroatoms. The number of nitrogens with zero attached hydrogens (tertiary/aromatic N) is 1. The minimum Gasteiger partial charge on any atom is -0.311 e. The van der Waals surface area contributed by atoms with E-state index in [0.717, 1.165) is 32.5 Å². The highest BCUT2D eigenvalue weighted by molar-refractivity contribution is 4.94. The average molecular weight is 196 g/mol. The van der Waals surface area contributed by atoms with Crippen LogP contribution in [0.2, 0.25) is 0 Å². The van der Waals surface area contributed by atoms with Crippen molar-refractivity contribution in [3.05, 3.63) is 13.8 Å². The van der Waals surface area contributed by atoms with Crippen LogP contribution in [0.5, 0.6) is 0 Å². The van der Waals surface area contributed by atoms with Crippen LogP contribution in [0.25, 0.3) is 0 Å². The van der Waals surface area contributed by atoms with E-state index in [1.807, 2.05) is 0 Å². The molecule has 1 aliphatic heterocycles. The molecule has 14 heavy (non-hydrogen) atoms. The standard InChI is InChI=1S/C12H24N2/c1-5-7-12(4)10-13-11(3)9-14(12)8-6-2/h11,13H,1-2,5-10H2,3-4H3/t11-,12-/m1/s1. The Hall–Kier alpha value is -0.0800. The van der Waals surface area contributed by atoms with Crippen LogP contribution in [0.1, 0.15) is 33.1 Å². The van der Waals surface area contributed by atoms with Gasteiger partial charge in [-0.15, -0.1) is 0 Å². The highest BCUT2D eigenvalue weighted by Gasteiger charge is 2.34. The average Bonchev–Trinajstić information content (AvgIpc) is 2.13. The lowest BCUT2D eigenvalue weighted by atomic mass is 9.90. The fourth-order valence-corrected chi connectivity index (χ4v) is 2.30. The molecule has 0 aliphatic carbocycles. The molecule has 0 bridgehead atoms. The van der Waals surface area contributed by atoms with E-state index in [9.17, 15) is 0 Å². The minimum absolute atomic E-state index is 0.298. The predicted molar refractivity (Wildman–Crippen MR) is 62.0 cm³/mol. The van der Waals surface area contributed by atoms with Crippen LogP contribution in [0.4, 0.5) is 0 Å². The summed E-state index contributed by atoms with van der Waals surface area (Å²) in [5, 5.41) is 3.56. The van der Waals surface area contributed by atoms with E-state index in [-0.39, 0.29) is 0 Å². The second-order valence-electron chi connectivity index (χ2n) is 4.68.